The van der Waals surface area contributed by atoms with Gasteiger partial charge >= 0.3 is 6.09 Å². The van der Waals surface area contributed by atoms with E-state index in [0.29, 0.717) is 0 Å². The second kappa shape index (κ2) is 5.80. The van der Waals surface area contributed by atoms with Gasteiger partial charge in [0.15, 0.2) is 0 Å². The van der Waals surface area contributed by atoms with E-state index in [4.69, 9.17) is 17.3 Å². The second-order valence-corrected chi connectivity index (χ2v) is 5.04. The van der Waals surface area contributed by atoms with Gasteiger partial charge in [0.1, 0.15) is 16.7 Å². The standard InChI is InChI=1S/C8H10ClN3O4S/c9-7-2-1-6(5-11-7)17(14,15)12-3-4-16-8(10)13/h1-2,5,12H,3-4H2,(H2,10,13). The number of amides is 1. The van der Waals surface area contributed by atoms with Gasteiger partial charge in [0.05, 0.1) is 0 Å². The number of hydrogen-bond donors (Lipinski definition) is 2. The van der Waals surface area contributed by atoms with Gasteiger partial charge in [0.25, 0.3) is 0 Å². The van der Waals surface area contributed by atoms with Gasteiger partial charge in [-0.2, -0.15) is 0 Å². The van der Waals surface area contributed by atoms with Crippen LogP contribution in [0.5, 0.6) is 0 Å². The Bertz CT molecular complexity index is 488. The summed E-state index contributed by atoms with van der Waals surface area (Å²) in [4.78, 5) is 13.8. The third-order valence-electron chi connectivity index (χ3n) is 1.65. The van der Waals surface area contributed by atoms with E-state index in [0.717, 1.165) is 6.20 Å². The first-order chi connectivity index (χ1) is 7.92. The molecule has 0 unspecified atom stereocenters. The van der Waals surface area contributed by atoms with Crippen LogP contribution in [-0.2, 0) is 14.8 Å². The van der Waals surface area contributed by atoms with Gasteiger partial charge in [-0.05, 0) is 12.1 Å². The van der Waals surface area contributed by atoms with E-state index in [1.54, 1.807) is 0 Å². The van der Waals surface area contributed by atoms with E-state index >= 15 is 0 Å². The Morgan fingerprint density at radius 2 is 2.24 bits per heavy atom. The third kappa shape index (κ3) is 4.55. The minimum atomic E-state index is -3.68. The monoisotopic (exact) mass is 279 g/mol. The summed E-state index contributed by atoms with van der Waals surface area (Å²) >= 11 is 5.53. The number of rotatable bonds is 5. The van der Waals surface area contributed by atoms with Crippen molar-refractivity contribution in [2.75, 3.05) is 13.2 Å². The largest absolute Gasteiger partial charge is 0.448 e. The van der Waals surface area contributed by atoms with Crippen molar-refractivity contribution in [3.8, 4) is 0 Å². The molecule has 1 aromatic heterocycles. The molecule has 0 fully saturated rings. The van der Waals surface area contributed by atoms with E-state index in [9.17, 15) is 13.2 Å². The molecule has 0 atom stereocenters. The van der Waals surface area contributed by atoms with Crippen LogP contribution < -0.4 is 10.5 Å². The normalized spacial score (nSPS) is 11.1. The molecule has 1 amide bonds. The number of pyridine rings is 1. The summed E-state index contributed by atoms with van der Waals surface area (Å²) in [6, 6.07) is 2.67. The molecule has 94 valence electrons. The summed E-state index contributed by atoms with van der Waals surface area (Å²) in [5.41, 5.74) is 4.71. The molecule has 1 rings (SSSR count). The summed E-state index contributed by atoms with van der Waals surface area (Å²) in [7, 11) is -3.68. The lowest BCUT2D eigenvalue weighted by Crippen LogP contribution is -2.29. The Balaban J connectivity index is 2.57. The molecule has 0 aliphatic rings. The van der Waals surface area contributed by atoms with E-state index in [1.807, 2.05) is 0 Å². The first-order valence-corrected chi connectivity index (χ1v) is 6.31. The molecule has 0 aromatic carbocycles. The lowest BCUT2D eigenvalue weighted by atomic mass is 10.5. The molecule has 1 aromatic rings. The lowest BCUT2D eigenvalue weighted by Gasteiger charge is -2.06. The fraction of sp³-hybridized carbons (Fsp3) is 0.250. The molecular formula is C8H10ClN3O4S. The molecule has 9 heteroatoms. The van der Waals surface area contributed by atoms with E-state index in [2.05, 4.69) is 14.4 Å². The molecule has 0 aliphatic heterocycles. The number of nitrogens with two attached hydrogens (primary N) is 1. The molecular weight excluding hydrogens is 270 g/mol. The van der Waals surface area contributed by atoms with Crippen molar-refractivity contribution in [3.05, 3.63) is 23.5 Å². The first-order valence-electron chi connectivity index (χ1n) is 4.45. The number of halogens is 1. The van der Waals surface area contributed by atoms with Gasteiger partial charge in [0, 0.05) is 12.7 Å². The number of hydrogen-bond acceptors (Lipinski definition) is 5. The first kappa shape index (κ1) is 13.7. The van der Waals surface area contributed by atoms with Crippen LogP contribution in [0.3, 0.4) is 0 Å². The van der Waals surface area contributed by atoms with Crippen molar-refractivity contribution in [3.63, 3.8) is 0 Å². The fourth-order valence-electron chi connectivity index (χ4n) is 0.932. The van der Waals surface area contributed by atoms with Crippen LogP contribution in [0.4, 0.5) is 4.79 Å². The topological polar surface area (TPSA) is 111 Å². The van der Waals surface area contributed by atoms with Crippen LogP contribution in [0.2, 0.25) is 5.15 Å². The number of nitrogens with zero attached hydrogens (tertiary/aromatic N) is 1. The van der Waals surface area contributed by atoms with Crippen LogP contribution in [0.1, 0.15) is 0 Å². The van der Waals surface area contributed by atoms with E-state index in [-0.39, 0.29) is 23.2 Å². The summed E-state index contributed by atoms with van der Waals surface area (Å²) in [5.74, 6) is 0. The van der Waals surface area contributed by atoms with Crippen molar-refractivity contribution in [1.29, 1.82) is 0 Å². The predicted octanol–water partition coefficient (Wildman–Crippen LogP) is 0.109. The van der Waals surface area contributed by atoms with Gasteiger partial charge in [-0.15, -0.1) is 0 Å². The zero-order valence-corrected chi connectivity index (χ0v) is 10.2. The van der Waals surface area contributed by atoms with Crippen molar-refractivity contribution >= 4 is 27.7 Å². The minimum Gasteiger partial charge on any atom is -0.448 e. The summed E-state index contributed by atoms with van der Waals surface area (Å²) in [6.07, 6.45) is 0.164. The number of sulfonamides is 1. The maximum atomic E-state index is 11.6. The van der Waals surface area contributed by atoms with Gasteiger partial charge in [-0.25, -0.2) is 22.9 Å². The van der Waals surface area contributed by atoms with Gasteiger partial charge in [0.2, 0.25) is 10.0 Å². The maximum absolute atomic E-state index is 11.6. The Labute approximate surface area is 103 Å². The predicted molar refractivity (Wildman–Crippen MR) is 60.0 cm³/mol. The quantitative estimate of drug-likeness (QED) is 0.587. The molecule has 17 heavy (non-hydrogen) atoms. The molecule has 0 aliphatic carbocycles. The molecule has 3 N–H and O–H groups in total. The van der Waals surface area contributed by atoms with Crippen molar-refractivity contribution < 1.29 is 17.9 Å². The third-order valence-corrected chi connectivity index (χ3v) is 3.32. The van der Waals surface area contributed by atoms with Crippen LogP contribution >= 0.6 is 11.6 Å². The number of aromatic nitrogens is 1. The average molecular weight is 280 g/mol. The summed E-state index contributed by atoms with van der Waals surface area (Å²) in [6.45, 7) is -0.219. The summed E-state index contributed by atoms with van der Waals surface area (Å²) in [5, 5.41) is 0.195. The van der Waals surface area contributed by atoms with E-state index < -0.39 is 16.1 Å². The van der Waals surface area contributed by atoms with E-state index in [1.165, 1.54) is 12.1 Å². The van der Waals surface area contributed by atoms with Crippen LogP contribution in [0, 0.1) is 0 Å². The van der Waals surface area contributed by atoms with Gasteiger partial charge in [-0.3, -0.25) is 0 Å². The molecule has 0 radical (unpaired) electrons. The SMILES string of the molecule is NC(=O)OCCNS(=O)(=O)c1ccc(Cl)nc1. The zero-order valence-electron chi connectivity index (χ0n) is 8.59. The molecule has 1 heterocycles. The highest BCUT2D eigenvalue weighted by Crippen LogP contribution is 2.10. The summed E-state index contributed by atoms with van der Waals surface area (Å²) < 4.78 is 29.8. The molecule has 0 spiro atoms. The number of nitrogens with one attached hydrogen (secondary N) is 1. The second-order valence-electron chi connectivity index (χ2n) is 2.88. The average Bonchev–Trinajstić information content (AvgIpc) is 2.25. The lowest BCUT2D eigenvalue weighted by molar-refractivity contribution is 0.159. The van der Waals surface area contributed by atoms with Gasteiger partial charge in [-0.1, -0.05) is 11.6 Å². The minimum absolute atomic E-state index is 0.0269. The van der Waals surface area contributed by atoms with Crippen molar-refractivity contribution in [2.24, 2.45) is 5.73 Å². The number of carbonyl (C=O) groups excluding carboxylic acids is 1. The Kier molecular flexibility index (Phi) is 4.67. The maximum Gasteiger partial charge on any atom is 0.404 e. The fourth-order valence-corrected chi connectivity index (χ4v) is 2.00. The highest BCUT2D eigenvalue weighted by molar-refractivity contribution is 7.89. The smallest absolute Gasteiger partial charge is 0.404 e. The number of primary amides is 1. The Hall–Kier alpha value is -1.38. The van der Waals surface area contributed by atoms with Crippen molar-refractivity contribution in [2.45, 2.75) is 4.90 Å². The molecule has 0 saturated heterocycles. The van der Waals surface area contributed by atoms with Crippen molar-refractivity contribution in [1.82, 2.24) is 9.71 Å². The highest BCUT2D eigenvalue weighted by Gasteiger charge is 2.13. The molecule has 0 saturated carbocycles. The Morgan fingerprint density at radius 3 is 2.76 bits per heavy atom. The van der Waals surface area contributed by atoms with Crippen LogP contribution in [0.15, 0.2) is 23.2 Å². The number of carbonyl (C=O) groups is 1. The van der Waals surface area contributed by atoms with Crippen LogP contribution in [-0.4, -0.2) is 32.6 Å². The zero-order chi connectivity index (χ0) is 12.9. The molecule has 0 bridgehead atoms. The highest BCUT2D eigenvalue weighted by atomic mass is 35.5. The number of ether oxygens (including phenoxy) is 1. The molecule has 7 nitrogen and oxygen atoms in total. The Morgan fingerprint density at radius 1 is 1.53 bits per heavy atom. The van der Waals surface area contributed by atoms with Gasteiger partial charge < -0.3 is 10.5 Å². The van der Waals surface area contributed by atoms with Crippen LogP contribution in [0.25, 0.3) is 0 Å².